The van der Waals surface area contributed by atoms with Gasteiger partial charge in [-0.3, -0.25) is 10.00 Å². The van der Waals surface area contributed by atoms with E-state index in [0.717, 1.165) is 22.6 Å². The van der Waals surface area contributed by atoms with E-state index in [1.807, 2.05) is 60.8 Å². The van der Waals surface area contributed by atoms with Crippen molar-refractivity contribution in [1.82, 2.24) is 24.5 Å². The van der Waals surface area contributed by atoms with Gasteiger partial charge in [-0.15, -0.1) is 0 Å². The number of aromatic nitrogens is 4. The molecule has 1 aliphatic rings. The van der Waals surface area contributed by atoms with Crippen LogP contribution in [0.1, 0.15) is 23.0 Å². The molecule has 2 aromatic heterocycles. The second-order valence-electron chi connectivity index (χ2n) is 6.92. The zero-order valence-corrected chi connectivity index (χ0v) is 16.3. The molecule has 1 atom stereocenters. The molecular formula is C20H24N6O2. The van der Waals surface area contributed by atoms with Crippen LogP contribution in [0, 0.1) is 13.8 Å². The lowest BCUT2D eigenvalue weighted by Crippen LogP contribution is -2.45. The summed E-state index contributed by atoms with van der Waals surface area (Å²) in [5, 5.41) is 11.8. The number of nitrogens with zero attached hydrogens (tertiary/aromatic N) is 5. The van der Waals surface area contributed by atoms with E-state index in [1.54, 1.807) is 16.9 Å². The van der Waals surface area contributed by atoms with Crippen molar-refractivity contribution in [2.45, 2.75) is 19.9 Å². The van der Waals surface area contributed by atoms with Gasteiger partial charge in [-0.1, -0.05) is 18.2 Å². The zero-order chi connectivity index (χ0) is 19.7. The number of carbonyl (C=O) groups is 1. The standard InChI is InChI=1S/C20H24N6O2/c1-14-19(15(2)26(22-14)16-7-5-4-6-8-16)17-13-28-12-11-25(17)20(27)21-18-9-10-24(3)23-18/h4-10,17H,11-13H2,1-3H3,(H,21,23,27)/t17-/m1/s1. The lowest BCUT2D eigenvalue weighted by molar-refractivity contribution is 0.0143. The Bertz CT molecular complexity index is 978. The minimum atomic E-state index is -0.199. The highest BCUT2D eigenvalue weighted by Gasteiger charge is 2.33. The smallest absolute Gasteiger partial charge is 0.323 e. The number of rotatable bonds is 3. The average Bonchev–Trinajstić information content (AvgIpc) is 3.24. The first-order chi connectivity index (χ1) is 13.5. The van der Waals surface area contributed by atoms with Crippen LogP contribution in [0.2, 0.25) is 0 Å². The Morgan fingerprint density at radius 1 is 1.18 bits per heavy atom. The summed E-state index contributed by atoms with van der Waals surface area (Å²) < 4.78 is 9.30. The summed E-state index contributed by atoms with van der Waals surface area (Å²) in [6.07, 6.45) is 1.80. The van der Waals surface area contributed by atoms with Crippen molar-refractivity contribution in [3.8, 4) is 5.69 Å². The van der Waals surface area contributed by atoms with E-state index in [4.69, 9.17) is 9.84 Å². The van der Waals surface area contributed by atoms with Gasteiger partial charge in [0.15, 0.2) is 5.82 Å². The van der Waals surface area contributed by atoms with E-state index in [-0.39, 0.29) is 12.1 Å². The molecule has 1 N–H and O–H groups in total. The van der Waals surface area contributed by atoms with Crippen molar-refractivity contribution in [2.24, 2.45) is 7.05 Å². The van der Waals surface area contributed by atoms with E-state index in [9.17, 15) is 4.79 Å². The molecule has 8 heteroatoms. The predicted octanol–water partition coefficient (Wildman–Crippen LogP) is 2.83. The van der Waals surface area contributed by atoms with Gasteiger partial charge in [-0.2, -0.15) is 10.2 Å². The van der Waals surface area contributed by atoms with Gasteiger partial charge < -0.3 is 9.64 Å². The topological polar surface area (TPSA) is 77.2 Å². The molecule has 3 heterocycles. The minimum Gasteiger partial charge on any atom is -0.377 e. The number of ether oxygens (including phenoxy) is 1. The lowest BCUT2D eigenvalue weighted by Gasteiger charge is -2.35. The third-order valence-electron chi connectivity index (χ3n) is 5.02. The van der Waals surface area contributed by atoms with Crippen molar-refractivity contribution in [1.29, 1.82) is 0 Å². The lowest BCUT2D eigenvalue weighted by atomic mass is 10.0. The maximum atomic E-state index is 12.9. The maximum absolute atomic E-state index is 12.9. The number of para-hydroxylation sites is 1. The monoisotopic (exact) mass is 380 g/mol. The predicted molar refractivity (Wildman–Crippen MR) is 106 cm³/mol. The molecule has 3 aromatic rings. The summed E-state index contributed by atoms with van der Waals surface area (Å²) in [7, 11) is 1.82. The highest BCUT2D eigenvalue weighted by atomic mass is 16.5. The molecule has 0 spiro atoms. The van der Waals surface area contributed by atoms with Gasteiger partial charge in [0.25, 0.3) is 0 Å². The number of nitrogens with one attached hydrogen (secondary N) is 1. The van der Waals surface area contributed by atoms with Gasteiger partial charge in [0.05, 0.1) is 30.6 Å². The molecule has 0 aliphatic carbocycles. The highest BCUT2D eigenvalue weighted by molar-refractivity contribution is 5.88. The SMILES string of the molecule is Cc1nn(-c2ccccc2)c(C)c1[C@H]1COCCN1C(=O)Nc1ccn(C)n1. The molecule has 1 saturated heterocycles. The van der Waals surface area contributed by atoms with Gasteiger partial charge in [0, 0.05) is 37.1 Å². The van der Waals surface area contributed by atoms with Crippen LogP contribution in [0.3, 0.4) is 0 Å². The van der Waals surface area contributed by atoms with E-state index in [1.165, 1.54) is 0 Å². The number of anilines is 1. The molecule has 1 aromatic carbocycles. The van der Waals surface area contributed by atoms with Crippen LogP contribution < -0.4 is 5.32 Å². The fourth-order valence-electron chi connectivity index (χ4n) is 3.71. The summed E-state index contributed by atoms with van der Waals surface area (Å²) in [6.45, 7) is 5.48. The minimum absolute atomic E-state index is 0.182. The number of amides is 2. The largest absolute Gasteiger partial charge is 0.377 e. The first kappa shape index (κ1) is 18.2. The van der Waals surface area contributed by atoms with E-state index in [0.29, 0.717) is 25.6 Å². The molecule has 1 aliphatic heterocycles. The Kier molecular flexibility index (Phi) is 4.87. The molecule has 1 fully saturated rings. The van der Waals surface area contributed by atoms with Crippen LogP contribution in [0.25, 0.3) is 5.69 Å². The summed E-state index contributed by atoms with van der Waals surface area (Å²) >= 11 is 0. The van der Waals surface area contributed by atoms with Crippen molar-refractivity contribution in [3.05, 3.63) is 59.5 Å². The van der Waals surface area contributed by atoms with Crippen molar-refractivity contribution < 1.29 is 9.53 Å². The molecule has 4 rings (SSSR count). The fraction of sp³-hybridized carbons (Fsp3) is 0.350. The molecular weight excluding hydrogens is 356 g/mol. The Balaban J connectivity index is 1.64. The maximum Gasteiger partial charge on any atom is 0.323 e. The Hall–Kier alpha value is -3.13. The number of aryl methyl sites for hydroxylation is 2. The van der Waals surface area contributed by atoms with Gasteiger partial charge >= 0.3 is 6.03 Å². The van der Waals surface area contributed by atoms with Crippen molar-refractivity contribution in [3.63, 3.8) is 0 Å². The molecule has 8 nitrogen and oxygen atoms in total. The van der Waals surface area contributed by atoms with Crippen LogP contribution in [0.15, 0.2) is 42.6 Å². The van der Waals surface area contributed by atoms with Crippen molar-refractivity contribution in [2.75, 3.05) is 25.1 Å². The zero-order valence-electron chi connectivity index (χ0n) is 16.3. The average molecular weight is 380 g/mol. The number of urea groups is 1. The normalized spacial score (nSPS) is 17.0. The summed E-state index contributed by atoms with van der Waals surface area (Å²) in [6, 6.07) is 11.4. The Labute approximate surface area is 163 Å². The van der Waals surface area contributed by atoms with Crippen LogP contribution in [0.5, 0.6) is 0 Å². The van der Waals surface area contributed by atoms with E-state index < -0.39 is 0 Å². The fourth-order valence-corrected chi connectivity index (χ4v) is 3.71. The van der Waals surface area contributed by atoms with Gasteiger partial charge in [-0.05, 0) is 26.0 Å². The van der Waals surface area contributed by atoms with Crippen LogP contribution in [-0.4, -0.2) is 50.3 Å². The highest BCUT2D eigenvalue weighted by Crippen LogP contribution is 2.31. The molecule has 146 valence electrons. The number of hydrogen-bond acceptors (Lipinski definition) is 4. The molecule has 2 amide bonds. The quantitative estimate of drug-likeness (QED) is 0.758. The first-order valence-electron chi connectivity index (χ1n) is 9.31. The van der Waals surface area contributed by atoms with Gasteiger partial charge in [0.2, 0.25) is 0 Å². The Morgan fingerprint density at radius 2 is 1.96 bits per heavy atom. The third kappa shape index (κ3) is 3.38. The van der Waals surface area contributed by atoms with Crippen LogP contribution in [0.4, 0.5) is 10.6 Å². The van der Waals surface area contributed by atoms with Crippen LogP contribution >= 0.6 is 0 Å². The number of carbonyl (C=O) groups excluding carboxylic acids is 1. The molecule has 0 bridgehead atoms. The third-order valence-corrected chi connectivity index (χ3v) is 5.02. The van der Waals surface area contributed by atoms with Gasteiger partial charge in [-0.25, -0.2) is 9.48 Å². The van der Waals surface area contributed by atoms with E-state index >= 15 is 0 Å². The molecule has 0 radical (unpaired) electrons. The first-order valence-corrected chi connectivity index (χ1v) is 9.31. The molecule has 0 unspecified atom stereocenters. The number of benzene rings is 1. The molecule has 0 saturated carbocycles. The number of hydrogen-bond donors (Lipinski definition) is 1. The summed E-state index contributed by atoms with van der Waals surface area (Å²) in [4.78, 5) is 14.8. The molecule has 28 heavy (non-hydrogen) atoms. The summed E-state index contributed by atoms with van der Waals surface area (Å²) in [5.41, 5.74) is 3.93. The summed E-state index contributed by atoms with van der Waals surface area (Å²) in [5.74, 6) is 0.533. The van der Waals surface area contributed by atoms with E-state index in [2.05, 4.69) is 10.4 Å². The Morgan fingerprint density at radius 3 is 2.68 bits per heavy atom. The van der Waals surface area contributed by atoms with Gasteiger partial charge in [0.1, 0.15) is 0 Å². The van der Waals surface area contributed by atoms with Crippen molar-refractivity contribution >= 4 is 11.8 Å². The number of morpholine rings is 1. The second kappa shape index (κ2) is 7.47. The van der Waals surface area contributed by atoms with Crippen LogP contribution in [-0.2, 0) is 11.8 Å². The second-order valence-corrected chi connectivity index (χ2v) is 6.92.